The van der Waals surface area contributed by atoms with Gasteiger partial charge in [-0.25, -0.2) is 4.98 Å². The molecule has 0 unspecified atom stereocenters. The van der Waals surface area contributed by atoms with Crippen molar-refractivity contribution in [2.75, 3.05) is 11.9 Å². The van der Waals surface area contributed by atoms with Crippen LogP contribution < -0.4 is 5.32 Å². The van der Waals surface area contributed by atoms with Crippen molar-refractivity contribution in [3.63, 3.8) is 0 Å². The van der Waals surface area contributed by atoms with Gasteiger partial charge in [0.25, 0.3) is 0 Å². The number of aromatic hydroxyl groups is 1. The molecule has 2 aromatic rings. The van der Waals surface area contributed by atoms with Crippen LogP contribution in [0.2, 0.25) is 5.28 Å². The number of aromatic nitrogens is 3. The molecule has 0 fully saturated rings. The van der Waals surface area contributed by atoms with Crippen LogP contribution in [0, 0.1) is 6.92 Å². The number of phenolic OH excluding ortho intramolecular Hbond substituents is 1. The predicted molar refractivity (Wildman–Crippen MR) is 69.9 cm³/mol. The molecule has 0 atom stereocenters. The Balaban J connectivity index is 1.90. The Bertz CT molecular complexity index is 510. The van der Waals surface area contributed by atoms with E-state index in [2.05, 4.69) is 20.3 Å². The van der Waals surface area contributed by atoms with Gasteiger partial charge in [-0.2, -0.15) is 9.97 Å². The lowest BCUT2D eigenvalue weighted by Gasteiger charge is -2.05. The maximum atomic E-state index is 9.16. The Labute approximate surface area is 110 Å². The number of phenols is 1. The van der Waals surface area contributed by atoms with Crippen molar-refractivity contribution in [3.8, 4) is 5.75 Å². The Morgan fingerprint density at radius 1 is 1.17 bits per heavy atom. The summed E-state index contributed by atoms with van der Waals surface area (Å²) in [5.41, 5.74) is 1.12. The summed E-state index contributed by atoms with van der Waals surface area (Å²) in [6.45, 7) is 2.45. The molecule has 0 aliphatic carbocycles. The Morgan fingerprint density at radius 2 is 1.89 bits per heavy atom. The van der Waals surface area contributed by atoms with Crippen molar-refractivity contribution < 1.29 is 5.11 Å². The van der Waals surface area contributed by atoms with E-state index in [1.807, 2.05) is 12.1 Å². The molecule has 2 rings (SSSR count). The van der Waals surface area contributed by atoms with E-state index in [1.54, 1.807) is 19.1 Å². The van der Waals surface area contributed by atoms with E-state index in [-0.39, 0.29) is 11.0 Å². The molecular formula is C12H13ClN4O. The van der Waals surface area contributed by atoms with Crippen molar-refractivity contribution in [2.24, 2.45) is 0 Å². The molecule has 6 heteroatoms. The van der Waals surface area contributed by atoms with Crippen LogP contribution in [0.3, 0.4) is 0 Å². The van der Waals surface area contributed by atoms with Gasteiger partial charge in [-0.05, 0) is 42.6 Å². The molecule has 94 valence electrons. The number of rotatable bonds is 4. The lowest BCUT2D eigenvalue weighted by atomic mass is 10.1. The summed E-state index contributed by atoms with van der Waals surface area (Å²) < 4.78 is 0. The SMILES string of the molecule is Cc1nc(Cl)nc(NCCc2ccc(O)cc2)n1. The van der Waals surface area contributed by atoms with Gasteiger partial charge >= 0.3 is 0 Å². The third kappa shape index (κ3) is 3.56. The molecule has 18 heavy (non-hydrogen) atoms. The summed E-state index contributed by atoms with van der Waals surface area (Å²) in [6, 6.07) is 7.09. The molecule has 0 aliphatic heterocycles. The minimum Gasteiger partial charge on any atom is -0.508 e. The van der Waals surface area contributed by atoms with Crippen molar-refractivity contribution in [1.82, 2.24) is 15.0 Å². The van der Waals surface area contributed by atoms with Gasteiger partial charge in [-0.15, -0.1) is 0 Å². The standard InChI is InChI=1S/C12H13ClN4O/c1-8-15-11(13)17-12(16-8)14-7-6-9-2-4-10(18)5-3-9/h2-5,18H,6-7H2,1H3,(H,14,15,16,17). The number of hydrogen-bond acceptors (Lipinski definition) is 5. The number of nitrogens with one attached hydrogen (secondary N) is 1. The van der Waals surface area contributed by atoms with Crippen molar-refractivity contribution in [2.45, 2.75) is 13.3 Å². The minimum atomic E-state index is 0.189. The molecule has 0 amide bonds. The number of anilines is 1. The van der Waals surface area contributed by atoms with Crippen molar-refractivity contribution >= 4 is 17.5 Å². The van der Waals surface area contributed by atoms with Gasteiger partial charge in [0, 0.05) is 6.54 Å². The van der Waals surface area contributed by atoms with E-state index in [4.69, 9.17) is 16.7 Å². The van der Waals surface area contributed by atoms with E-state index in [0.717, 1.165) is 12.0 Å². The highest BCUT2D eigenvalue weighted by Gasteiger charge is 2.01. The van der Waals surface area contributed by atoms with Crippen LogP contribution in [-0.4, -0.2) is 26.6 Å². The Morgan fingerprint density at radius 3 is 2.56 bits per heavy atom. The minimum absolute atomic E-state index is 0.189. The van der Waals surface area contributed by atoms with Crippen LogP contribution in [0.15, 0.2) is 24.3 Å². The molecule has 0 saturated carbocycles. The van der Waals surface area contributed by atoms with Gasteiger partial charge in [0.15, 0.2) is 0 Å². The maximum Gasteiger partial charge on any atom is 0.227 e. The fourth-order valence-electron chi connectivity index (χ4n) is 1.51. The maximum absolute atomic E-state index is 9.16. The third-order valence-electron chi connectivity index (χ3n) is 2.35. The first kappa shape index (κ1) is 12.6. The number of hydrogen-bond donors (Lipinski definition) is 2. The third-order valence-corrected chi connectivity index (χ3v) is 2.52. The quantitative estimate of drug-likeness (QED) is 0.886. The smallest absolute Gasteiger partial charge is 0.227 e. The summed E-state index contributed by atoms with van der Waals surface area (Å²) in [6.07, 6.45) is 0.808. The fourth-order valence-corrected chi connectivity index (χ4v) is 1.71. The molecule has 0 aliphatic rings. The molecule has 0 bridgehead atoms. The summed E-state index contributed by atoms with van der Waals surface area (Å²) in [4.78, 5) is 12.0. The summed E-state index contributed by atoms with van der Waals surface area (Å²) in [7, 11) is 0. The monoisotopic (exact) mass is 264 g/mol. The summed E-state index contributed by atoms with van der Waals surface area (Å²) >= 11 is 5.73. The topological polar surface area (TPSA) is 70.9 Å². The zero-order chi connectivity index (χ0) is 13.0. The van der Waals surface area contributed by atoms with Crippen LogP contribution >= 0.6 is 11.6 Å². The predicted octanol–water partition coefficient (Wildman–Crippen LogP) is 2.19. The molecule has 1 aromatic carbocycles. The van der Waals surface area contributed by atoms with Crippen LogP contribution in [-0.2, 0) is 6.42 Å². The van der Waals surface area contributed by atoms with Gasteiger partial charge in [0.2, 0.25) is 11.2 Å². The van der Waals surface area contributed by atoms with E-state index in [9.17, 15) is 0 Å². The highest BCUT2D eigenvalue weighted by Crippen LogP contribution is 2.10. The second-order valence-corrected chi connectivity index (χ2v) is 4.16. The number of benzene rings is 1. The van der Waals surface area contributed by atoms with Crippen molar-refractivity contribution in [3.05, 3.63) is 40.9 Å². The van der Waals surface area contributed by atoms with Gasteiger partial charge in [0.05, 0.1) is 0 Å². The first-order valence-corrected chi connectivity index (χ1v) is 5.91. The average molecular weight is 265 g/mol. The molecule has 1 aromatic heterocycles. The van der Waals surface area contributed by atoms with Gasteiger partial charge in [-0.3, -0.25) is 0 Å². The largest absolute Gasteiger partial charge is 0.508 e. The van der Waals surface area contributed by atoms with Crippen LogP contribution in [0.25, 0.3) is 0 Å². The zero-order valence-corrected chi connectivity index (χ0v) is 10.6. The van der Waals surface area contributed by atoms with Gasteiger partial charge < -0.3 is 10.4 Å². The molecule has 5 nitrogen and oxygen atoms in total. The van der Waals surface area contributed by atoms with Crippen LogP contribution in [0.1, 0.15) is 11.4 Å². The highest BCUT2D eigenvalue weighted by atomic mass is 35.5. The molecule has 0 saturated heterocycles. The number of aryl methyl sites for hydroxylation is 1. The second-order valence-electron chi connectivity index (χ2n) is 3.82. The molecule has 1 heterocycles. The fraction of sp³-hybridized carbons (Fsp3) is 0.250. The number of nitrogens with zero attached hydrogens (tertiary/aromatic N) is 3. The Hall–Kier alpha value is -1.88. The van der Waals surface area contributed by atoms with E-state index in [1.165, 1.54) is 0 Å². The van der Waals surface area contributed by atoms with Gasteiger partial charge in [-0.1, -0.05) is 12.1 Å². The van der Waals surface area contributed by atoms with E-state index in [0.29, 0.717) is 18.3 Å². The average Bonchev–Trinajstić information content (AvgIpc) is 2.30. The van der Waals surface area contributed by atoms with Crippen LogP contribution in [0.5, 0.6) is 5.75 Å². The molecule has 0 spiro atoms. The Kier molecular flexibility index (Phi) is 3.94. The van der Waals surface area contributed by atoms with E-state index >= 15 is 0 Å². The summed E-state index contributed by atoms with van der Waals surface area (Å²) in [5, 5.41) is 12.4. The van der Waals surface area contributed by atoms with Gasteiger partial charge in [0.1, 0.15) is 11.6 Å². The first-order chi connectivity index (χ1) is 8.63. The lowest BCUT2D eigenvalue weighted by Crippen LogP contribution is -2.09. The molecular weight excluding hydrogens is 252 g/mol. The zero-order valence-electron chi connectivity index (χ0n) is 9.89. The number of halogens is 1. The molecule has 2 N–H and O–H groups in total. The lowest BCUT2D eigenvalue weighted by molar-refractivity contribution is 0.475. The second kappa shape index (κ2) is 5.64. The normalized spacial score (nSPS) is 10.3. The van der Waals surface area contributed by atoms with Crippen molar-refractivity contribution in [1.29, 1.82) is 0 Å². The highest BCUT2D eigenvalue weighted by molar-refractivity contribution is 6.28. The van der Waals surface area contributed by atoms with Crippen LogP contribution in [0.4, 0.5) is 5.95 Å². The van der Waals surface area contributed by atoms with E-state index < -0.39 is 0 Å². The molecule has 0 radical (unpaired) electrons. The first-order valence-electron chi connectivity index (χ1n) is 5.53. The summed E-state index contributed by atoms with van der Waals surface area (Å²) in [5.74, 6) is 1.33.